The first-order valence-corrected chi connectivity index (χ1v) is 9.85. The van der Waals surface area contributed by atoms with Crippen molar-refractivity contribution in [3.05, 3.63) is 105 Å². The van der Waals surface area contributed by atoms with Crippen molar-refractivity contribution in [2.45, 2.75) is 12.6 Å². The molecule has 0 saturated carbocycles. The molecule has 3 aromatic carbocycles. The summed E-state index contributed by atoms with van der Waals surface area (Å²) in [4.78, 5) is 28.4. The van der Waals surface area contributed by atoms with E-state index < -0.39 is 6.04 Å². The highest BCUT2D eigenvalue weighted by Crippen LogP contribution is 2.39. The molecule has 1 aromatic heterocycles. The molecule has 1 aliphatic heterocycles. The molecular weight excluding hydrogens is 394 g/mol. The van der Waals surface area contributed by atoms with E-state index in [1.54, 1.807) is 60.5 Å². The third-order valence-electron chi connectivity index (χ3n) is 5.57. The fraction of sp³-hybridized carbons (Fsp3) is 0.120. The Bertz CT molecular complexity index is 1360. The number of methoxy groups -OCH3 is 1. The molecule has 2 heterocycles. The lowest BCUT2D eigenvalue weighted by molar-refractivity contribution is 0.0714. The van der Waals surface area contributed by atoms with Gasteiger partial charge in [0.2, 0.25) is 5.76 Å². The number of para-hydroxylation sites is 1. The van der Waals surface area contributed by atoms with Crippen LogP contribution in [0.5, 0.6) is 11.5 Å². The van der Waals surface area contributed by atoms with Crippen molar-refractivity contribution in [1.82, 2.24) is 4.90 Å². The predicted octanol–water partition coefficient (Wildman–Crippen LogP) is 4.25. The van der Waals surface area contributed by atoms with E-state index in [9.17, 15) is 14.7 Å². The van der Waals surface area contributed by atoms with Gasteiger partial charge in [-0.25, -0.2) is 0 Å². The standard InChI is InChI=1S/C25H19NO5/c1-30-18-11-9-15(10-12-18)14-26-22(16-5-4-6-17(27)13-16)21-23(28)19-7-2-3-8-20(19)31-24(21)25(26)29/h2-13,22,27H,14H2,1H3/t22-/m0/s1. The Kier molecular flexibility index (Phi) is 4.47. The van der Waals surface area contributed by atoms with Crippen LogP contribution in [0.15, 0.2) is 82.0 Å². The van der Waals surface area contributed by atoms with Gasteiger partial charge in [-0.1, -0.05) is 36.4 Å². The van der Waals surface area contributed by atoms with Gasteiger partial charge in [0.05, 0.1) is 24.1 Å². The summed E-state index contributed by atoms with van der Waals surface area (Å²) in [6, 6.07) is 20.2. The van der Waals surface area contributed by atoms with Gasteiger partial charge in [-0.15, -0.1) is 0 Å². The van der Waals surface area contributed by atoms with Crippen molar-refractivity contribution < 1.29 is 19.1 Å². The SMILES string of the molecule is COc1ccc(CN2C(=O)c3oc4ccccc4c(=O)c3[C@@H]2c2cccc(O)c2)cc1. The van der Waals surface area contributed by atoms with E-state index in [2.05, 4.69) is 0 Å². The van der Waals surface area contributed by atoms with Crippen molar-refractivity contribution in [3.8, 4) is 11.5 Å². The Labute approximate surface area is 177 Å². The molecule has 4 aromatic rings. The second kappa shape index (κ2) is 7.32. The number of phenols is 1. The van der Waals surface area contributed by atoms with E-state index in [1.807, 2.05) is 24.3 Å². The molecule has 0 saturated heterocycles. The number of carbonyl (C=O) groups excluding carboxylic acids is 1. The van der Waals surface area contributed by atoms with Crippen molar-refractivity contribution in [2.24, 2.45) is 0 Å². The molecular formula is C25H19NO5. The number of fused-ring (bicyclic) bond motifs is 2. The van der Waals surface area contributed by atoms with Gasteiger partial charge in [-0.2, -0.15) is 0 Å². The van der Waals surface area contributed by atoms with Gasteiger partial charge >= 0.3 is 0 Å². The Morgan fingerprint density at radius 2 is 1.77 bits per heavy atom. The Morgan fingerprint density at radius 1 is 1.00 bits per heavy atom. The Balaban J connectivity index is 1.69. The van der Waals surface area contributed by atoms with E-state index in [-0.39, 0.29) is 29.4 Å². The van der Waals surface area contributed by atoms with Crippen LogP contribution in [0.4, 0.5) is 0 Å². The number of hydrogen-bond acceptors (Lipinski definition) is 5. The summed E-state index contributed by atoms with van der Waals surface area (Å²) < 4.78 is 11.1. The van der Waals surface area contributed by atoms with Crippen LogP contribution in [-0.2, 0) is 6.54 Å². The first-order chi connectivity index (χ1) is 15.1. The quantitative estimate of drug-likeness (QED) is 0.541. The maximum Gasteiger partial charge on any atom is 0.291 e. The largest absolute Gasteiger partial charge is 0.508 e. The summed E-state index contributed by atoms with van der Waals surface area (Å²) in [6.07, 6.45) is 0. The number of rotatable bonds is 4. The summed E-state index contributed by atoms with van der Waals surface area (Å²) in [5, 5.41) is 10.5. The lowest BCUT2D eigenvalue weighted by Gasteiger charge is -2.25. The van der Waals surface area contributed by atoms with Crippen molar-refractivity contribution in [1.29, 1.82) is 0 Å². The first kappa shape index (κ1) is 18.9. The monoisotopic (exact) mass is 413 g/mol. The van der Waals surface area contributed by atoms with Crippen LogP contribution in [-0.4, -0.2) is 23.0 Å². The van der Waals surface area contributed by atoms with Gasteiger partial charge in [0.15, 0.2) is 5.43 Å². The zero-order chi connectivity index (χ0) is 21.5. The summed E-state index contributed by atoms with van der Waals surface area (Å²) in [7, 11) is 1.59. The average Bonchev–Trinajstić information content (AvgIpc) is 3.06. The van der Waals surface area contributed by atoms with Gasteiger partial charge in [-0.3, -0.25) is 9.59 Å². The molecule has 0 bridgehead atoms. The molecule has 0 aliphatic carbocycles. The number of ether oxygens (including phenoxy) is 1. The molecule has 31 heavy (non-hydrogen) atoms. The van der Waals surface area contributed by atoms with Crippen LogP contribution in [0.3, 0.4) is 0 Å². The normalized spacial score (nSPS) is 15.3. The second-order valence-electron chi connectivity index (χ2n) is 7.45. The third kappa shape index (κ3) is 3.13. The topological polar surface area (TPSA) is 80.0 Å². The van der Waals surface area contributed by atoms with E-state index in [4.69, 9.17) is 9.15 Å². The van der Waals surface area contributed by atoms with Crippen molar-refractivity contribution in [3.63, 3.8) is 0 Å². The van der Waals surface area contributed by atoms with Crippen LogP contribution < -0.4 is 10.2 Å². The van der Waals surface area contributed by atoms with Crippen LogP contribution in [0, 0.1) is 0 Å². The summed E-state index contributed by atoms with van der Waals surface area (Å²) in [5.41, 5.74) is 1.95. The molecule has 5 rings (SSSR count). The number of amides is 1. The Hall–Kier alpha value is -4.06. The molecule has 0 unspecified atom stereocenters. The van der Waals surface area contributed by atoms with E-state index in [1.165, 1.54) is 0 Å². The fourth-order valence-corrected chi connectivity index (χ4v) is 4.10. The van der Waals surface area contributed by atoms with Crippen LogP contribution in [0.1, 0.15) is 33.3 Å². The number of hydrogen-bond donors (Lipinski definition) is 1. The summed E-state index contributed by atoms with van der Waals surface area (Å²) in [6.45, 7) is 0.267. The van der Waals surface area contributed by atoms with Crippen LogP contribution in [0.25, 0.3) is 11.0 Å². The molecule has 1 amide bonds. The molecule has 1 aliphatic rings. The van der Waals surface area contributed by atoms with Gasteiger partial charge in [-0.05, 0) is 47.5 Å². The highest BCUT2D eigenvalue weighted by molar-refractivity contribution is 5.99. The molecule has 1 N–H and O–H groups in total. The minimum atomic E-state index is -0.669. The lowest BCUT2D eigenvalue weighted by Crippen LogP contribution is -2.29. The molecule has 6 nitrogen and oxygen atoms in total. The average molecular weight is 413 g/mol. The molecule has 1 atom stereocenters. The van der Waals surface area contributed by atoms with Gasteiger partial charge < -0.3 is 19.2 Å². The van der Waals surface area contributed by atoms with Crippen molar-refractivity contribution >= 4 is 16.9 Å². The number of benzene rings is 3. The zero-order valence-electron chi connectivity index (χ0n) is 16.7. The molecule has 154 valence electrons. The minimum Gasteiger partial charge on any atom is -0.508 e. The Morgan fingerprint density at radius 3 is 2.52 bits per heavy atom. The number of aromatic hydroxyl groups is 1. The third-order valence-corrected chi connectivity index (χ3v) is 5.57. The first-order valence-electron chi connectivity index (χ1n) is 9.85. The number of phenolic OH excluding ortho intramolecular Hbond substituents is 1. The van der Waals surface area contributed by atoms with E-state index >= 15 is 0 Å². The minimum absolute atomic E-state index is 0.0468. The molecule has 0 radical (unpaired) electrons. The fourth-order valence-electron chi connectivity index (χ4n) is 4.10. The lowest BCUT2D eigenvalue weighted by atomic mass is 9.98. The van der Waals surface area contributed by atoms with Crippen LogP contribution >= 0.6 is 0 Å². The molecule has 0 fully saturated rings. The molecule has 6 heteroatoms. The van der Waals surface area contributed by atoms with Gasteiger partial charge in [0.25, 0.3) is 5.91 Å². The van der Waals surface area contributed by atoms with Gasteiger partial charge in [0, 0.05) is 6.54 Å². The van der Waals surface area contributed by atoms with E-state index in [0.29, 0.717) is 27.8 Å². The van der Waals surface area contributed by atoms with Crippen LogP contribution in [0.2, 0.25) is 0 Å². The highest BCUT2D eigenvalue weighted by atomic mass is 16.5. The van der Waals surface area contributed by atoms with Gasteiger partial charge in [0.1, 0.15) is 17.1 Å². The maximum atomic E-state index is 13.4. The number of nitrogens with zero attached hydrogens (tertiary/aromatic N) is 1. The second-order valence-corrected chi connectivity index (χ2v) is 7.45. The summed E-state index contributed by atoms with van der Waals surface area (Å²) >= 11 is 0. The number of carbonyl (C=O) groups is 1. The summed E-state index contributed by atoms with van der Waals surface area (Å²) in [5.74, 6) is 0.466. The molecule has 0 spiro atoms. The zero-order valence-corrected chi connectivity index (χ0v) is 16.7. The van der Waals surface area contributed by atoms with Crippen molar-refractivity contribution in [2.75, 3.05) is 7.11 Å². The highest BCUT2D eigenvalue weighted by Gasteiger charge is 2.42. The van der Waals surface area contributed by atoms with E-state index in [0.717, 1.165) is 5.56 Å². The predicted molar refractivity (Wildman–Crippen MR) is 115 cm³/mol. The maximum absolute atomic E-state index is 13.4. The smallest absolute Gasteiger partial charge is 0.291 e.